The highest BCUT2D eigenvalue weighted by Gasteiger charge is 2.52. The molecule has 56 heavy (non-hydrogen) atoms. The molecule has 0 saturated carbocycles. The molecule has 3 heteroatoms. The summed E-state index contributed by atoms with van der Waals surface area (Å²) in [6.45, 7) is 0. The molecule has 2 heterocycles. The highest BCUT2D eigenvalue weighted by molar-refractivity contribution is 7.25. The van der Waals surface area contributed by atoms with Crippen molar-refractivity contribution in [2.45, 2.75) is 5.41 Å². The molecule has 9 aromatic carbocycles. The molecule has 2 aliphatic rings. The average molecular weight is 732 g/mol. The van der Waals surface area contributed by atoms with E-state index in [4.69, 9.17) is 4.74 Å². The van der Waals surface area contributed by atoms with Gasteiger partial charge in [-0.15, -0.1) is 11.3 Å². The molecule has 1 aliphatic carbocycles. The molecule has 0 radical (unpaired) electrons. The Balaban J connectivity index is 1.16. The fourth-order valence-electron chi connectivity index (χ4n) is 9.56. The Kier molecular flexibility index (Phi) is 6.75. The maximum atomic E-state index is 6.83. The Morgan fingerprint density at radius 2 is 1.07 bits per heavy atom. The van der Waals surface area contributed by atoms with Gasteiger partial charge >= 0.3 is 0 Å². The van der Waals surface area contributed by atoms with Gasteiger partial charge in [0.05, 0.1) is 5.41 Å². The molecule has 2 nitrogen and oxygen atoms in total. The zero-order valence-corrected chi connectivity index (χ0v) is 31.1. The Labute approximate surface area is 329 Å². The first-order valence-corrected chi connectivity index (χ1v) is 20.0. The van der Waals surface area contributed by atoms with Crippen molar-refractivity contribution in [3.05, 3.63) is 222 Å². The van der Waals surface area contributed by atoms with E-state index in [0.717, 1.165) is 34.1 Å². The quantitative estimate of drug-likeness (QED) is 0.179. The molecule has 1 atom stereocenters. The second-order valence-corrected chi connectivity index (χ2v) is 15.9. The van der Waals surface area contributed by atoms with Gasteiger partial charge in [0.25, 0.3) is 0 Å². The van der Waals surface area contributed by atoms with Gasteiger partial charge in [-0.3, -0.25) is 0 Å². The normalized spacial score (nSPS) is 15.0. The maximum absolute atomic E-state index is 6.83. The van der Waals surface area contributed by atoms with Crippen molar-refractivity contribution in [1.82, 2.24) is 0 Å². The van der Waals surface area contributed by atoms with E-state index in [2.05, 4.69) is 205 Å². The summed E-state index contributed by atoms with van der Waals surface area (Å²) < 4.78 is 9.41. The zero-order chi connectivity index (χ0) is 36.8. The van der Waals surface area contributed by atoms with Crippen LogP contribution in [-0.4, -0.2) is 0 Å². The van der Waals surface area contributed by atoms with Crippen molar-refractivity contribution in [1.29, 1.82) is 0 Å². The molecule has 1 spiro atoms. The van der Waals surface area contributed by atoms with Crippen LogP contribution in [0, 0.1) is 0 Å². The third kappa shape index (κ3) is 4.43. The lowest BCUT2D eigenvalue weighted by molar-refractivity contribution is 0.438. The van der Waals surface area contributed by atoms with E-state index in [-0.39, 0.29) is 0 Å². The van der Waals surface area contributed by atoms with Gasteiger partial charge in [0.2, 0.25) is 0 Å². The molecule has 0 saturated heterocycles. The summed E-state index contributed by atoms with van der Waals surface area (Å²) >= 11 is 1.86. The van der Waals surface area contributed by atoms with Crippen molar-refractivity contribution < 1.29 is 4.74 Å². The highest BCUT2D eigenvalue weighted by Crippen LogP contribution is 2.64. The minimum atomic E-state index is -0.611. The summed E-state index contributed by atoms with van der Waals surface area (Å²) in [5, 5.41) is 5.00. The summed E-state index contributed by atoms with van der Waals surface area (Å²) in [4.78, 5) is 2.45. The van der Waals surface area contributed by atoms with Crippen LogP contribution in [0.5, 0.6) is 11.5 Å². The number of anilines is 3. The molecule has 10 aromatic rings. The van der Waals surface area contributed by atoms with Crippen LogP contribution in [0.2, 0.25) is 0 Å². The standard InChI is InChI=1S/C53H33NOS/c1-2-13-34(14-3-1)36-16-12-17-37(31-36)54(39-27-29-44-43-20-7-11-24-50(43)56-51(44)33-39)38-26-28-42-41-19-6-8-21-45(41)53(47(42)32-38)46-22-9-10-23-48(46)55-49-30-25-35-15-4-5-18-40(35)52(49)53/h1-33H. The predicted octanol–water partition coefficient (Wildman–Crippen LogP) is 14.8. The third-order valence-corrected chi connectivity index (χ3v) is 13.0. The van der Waals surface area contributed by atoms with E-state index in [1.165, 1.54) is 69.9 Å². The molecular weight excluding hydrogens is 699 g/mol. The number of benzene rings is 9. The van der Waals surface area contributed by atoms with E-state index >= 15 is 0 Å². The van der Waals surface area contributed by atoms with E-state index in [0.29, 0.717) is 0 Å². The highest BCUT2D eigenvalue weighted by atomic mass is 32.1. The topological polar surface area (TPSA) is 12.5 Å². The summed E-state index contributed by atoms with van der Waals surface area (Å²) in [5.74, 6) is 1.80. The molecule has 12 rings (SSSR count). The molecule has 1 aliphatic heterocycles. The van der Waals surface area contributed by atoms with Gasteiger partial charge in [-0.05, 0) is 98.8 Å². The average Bonchev–Trinajstić information content (AvgIpc) is 3.77. The number of para-hydroxylation sites is 1. The lowest BCUT2D eigenvalue weighted by atomic mass is 9.65. The Morgan fingerprint density at radius 1 is 0.393 bits per heavy atom. The van der Waals surface area contributed by atoms with E-state index in [1.54, 1.807) is 0 Å². The van der Waals surface area contributed by atoms with Crippen molar-refractivity contribution >= 4 is 59.3 Å². The van der Waals surface area contributed by atoms with E-state index < -0.39 is 5.41 Å². The number of fused-ring (bicyclic) bond motifs is 14. The Bertz CT molecular complexity index is 3200. The van der Waals surface area contributed by atoms with Crippen LogP contribution in [-0.2, 0) is 5.41 Å². The Hall–Kier alpha value is -6.94. The van der Waals surface area contributed by atoms with Crippen LogP contribution in [0.25, 0.3) is 53.2 Å². The second kappa shape index (κ2) is 12.0. The fourth-order valence-corrected chi connectivity index (χ4v) is 10.7. The molecule has 0 bridgehead atoms. The number of hydrogen-bond donors (Lipinski definition) is 0. The van der Waals surface area contributed by atoms with E-state index in [1.807, 2.05) is 11.3 Å². The number of ether oxygens (including phenoxy) is 1. The zero-order valence-electron chi connectivity index (χ0n) is 30.3. The van der Waals surface area contributed by atoms with Crippen LogP contribution in [0.15, 0.2) is 200 Å². The van der Waals surface area contributed by atoms with Crippen molar-refractivity contribution in [3.8, 4) is 33.8 Å². The van der Waals surface area contributed by atoms with Crippen LogP contribution in [0.4, 0.5) is 17.1 Å². The summed E-state index contributed by atoms with van der Waals surface area (Å²) in [5.41, 5.74) is 12.5. The SMILES string of the molecule is c1ccc(-c2cccc(N(c3ccc4c(c3)C3(c5ccccc5Oc5ccc6ccccc6c53)c3ccccc3-4)c3ccc4c(c3)sc3ccccc34)c2)cc1. The Morgan fingerprint density at radius 3 is 2.00 bits per heavy atom. The number of hydrogen-bond acceptors (Lipinski definition) is 3. The number of nitrogens with zero attached hydrogens (tertiary/aromatic N) is 1. The van der Waals surface area contributed by atoms with Crippen molar-refractivity contribution in [2.24, 2.45) is 0 Å². The van der Waals surface area contributed by atoms with Crippen molar-refractivity contribution in [3.63, 3.8) is 0 Å². The smallest absolute Gasteiger partial charge is 0.132 e. The minimum absolute atomic E-state index is 0.611. The first-order valence-electron chi connectivity index (χ1n) is 19.2. The minimum Gasteiger partial charge on any atom is -0.457 e. The molecule has 262 valence electrons. The molecule has 1 unspecified atom stereocenters. The second-order valence-electron chi connectivity index (χ2n) is 14.8. The molecular formula is C53H33NOS. The molecule has 1 aromatic heterocycles. The van der Waals surface area contributed by atoms with E-state index in [9.17, 15) is 0 Å². The van der Waals surface area contributed by atoms with Gasteiger partial charge in [-0.25, -0.2) is 0 Å². The fraction of sp³-hybridized carbons (Fsp3) is 0.0189. The first-order chi connectivity index (χ1) is 27.8. The monoisotopic (exact) mass is 731 g/mol. The first kappa shape index (κ1) is 31.4. The van der Waals surface area contributed by atoms with Gasteiger partial charge < -0.3 is 9.64 Å². The van der Waals surface area contributed by atoms with Crippen molar-refractivity contribution in [2.75, 3.05) is 4.90 Å². The van der Waals surface area contributed by atoms with Gasteiger partial charge in [0.15, 0.2) is 0 Å². The summed E-state index contributed by atoms with van der Waals surface area (Å²) in [6, 6.07) is 73.2. The summed E-state index contributed by atoms with van der Waals surface area (Å²) in [6.07, 6.45) is 0. The number of rotatable bonds is 4. The van der Waals surface area contributed by atoms with Gasteiger partial charge in [-0.1, -0.05) is 146 Å². The van der Waals surface area contributed by atoms with Crippen LogP contribution in [0.1, 0.15) is 22.3 Å². The molecule has 0 amide bonds. The van der Waals surface area contributed by atoms with Crippen LogP contribution >= 0.6 is 11.3 Å². The largest absolute Gasteiger partial charge is 0.457 e. The molecule has 0 fully saturated rings. The van der Waals surface area contributed by atoms with Crippen LogP contribution in [0.3, 0.4) is 0 Å². The van der Waals surface area contributed by atoms with Gasteiger partial charge in [0.1, 0.15) is 11.5 Å². The third-order valence-electron chi connectivity index (χ3n) is 11.9. The van der Waals surface area contributed by atoms with Crippen LogP contribution < -0.4 is 9.64 Å². The predicted molar refractivity (Wildman–Crippen MR) is 234 cm³/mol. The summed E-state index contributed by atoms with van der Waals surface area (Å²) in [7, 11) is 0. The molecule has 0 N–H and O–H groups in total. The maximum Gasteiger partial charge on any atom is 0.132 e. The van der Waals surface area contributed by atoms with Gasteiger partial charge in [0, 0.05) is 48.4 Å². The lowest BCUT2D eigenvalue weighted by Crippen LogP contribution is -2.32. The van der Waals surface area contributed by atoms with Gasteiger partial charge in [-0.2, -0.15) is 0 Å². The lowest BCUT2D eigenvalue weighted by Gasteiger charge is -2.40. The number of thiophene rings is 1.